The highest BCUT2D eigenvalue weighted by molar-refractivity contribution is 5.95. The molecule has 144 valence electrons. The summed E-state index contributed by atoms with van der Waals surface area (Å²) in [6, 6.07) is 12.5. The van der Waals surface area contributed by atoms with Gasteiger partial charge in [-0.1, -0.05) is 44.2 Å². The van der Waals surface area contributed by atoms with E-state index in [0.717, 1.165) is 5.56 Å². The van der Waals surface area contributed by atoms with Crippen LogP contribution >= 0.6 is 0 Å². The van der Waals surface area contributed by atoms with Crippen LogP contribution in [0.2, 0.25) is 0 Å². The first-order chi connectivity index (χ1) is 13.0. The fraction of sp³-hybridized carbons (Fsp3) is 0.429. The summed E-state index contributed by atoms with van der Waals surface area (Å²) in [5.74, 6) is -0.329. The van der Waals surface area contributed by atoms with E-state index in [2.05, 4.69) is 5.32 Å². The smallest absolute Gasteiger partial charge is 0.287 e. The van der Waals surface area contributed by atoms with Crippen molar-refractivity contribution >= 4 is 11.8 Å². The molecule has 1 aliphatic rings. The van der Waals surface area contributed by atoms with E-state index in [0.29, 0.717) is 13.1 Å². The number of rotatable bonds is 5. The number of benzene rings is 1. The molecular weight excluding hydrogens is 344 g/mol. The minimum Gasteiger partial charge on any atom is -0.459 e. The molecule has 0 unspecified atom stereocenters. The third-order valence-electron chi connectivity index (χ3n) is 4.71. The number of amides is 2. The van der Waals surface area contributed by atoms with Crippen LogP contribution in [0.25, 0.3) is 0 Å². The van der Waals surface area contributed by atoms with Crippen LogP contribution in [0.5, 0.6) is 0 Å². The molecule has 0 aliphatic carbocycles. The second-order valence-electron chi connectivity index (χ2n) is 7.26. The summed E-state index contributed by atoms with van der Waals surface area (Å²) in [7, 11) is 0. The van der Waals surface area contributed by atoms with Crippen molar-refractivity contribution in [2.45, 2.75) is 39.0 Å². The first kappa shape index (κ1) is 19.2. The van der Waals surface area contributed by atoms with Crippen LogP contribution in [-0.2, 0) is 9.53 Å². The number of hydrogen-bond acceptors (Lipinski definition) is 4. The molecule has 6 heteroatoms. The summed E-state index contributed by atoms with van der Waals surface area (Å²) in [6.07, 6.45) is 1.18. The Morgan fingerprint density at radius 2 is 1.85 bits per heavy atom. The molecule has 0 spiro atoms. The molecule has 27 heavy (non-hydrogen) atoms. The lowest BCUT2D eigenvalue weighted by Crippen LogP contribution is -2.55. The van der Waals surface area contributed by atoms with E-state index < -0.39 is 6.04 Å². The number of nitrogens with one attached hydrogen (secondary N) is 1. The lowest BCUT2D eigenvalue weighted by atomic mass is 10.0. The average Bonchev–Trinajstić information content (AvgIpc) is 3.20. The zero-order valence-electron chi connectivity index (χ0n) is 15.9. The van der Waals surface area contributed by atoms with Crippen LogP contribution in [0.15, 0.2) is 53.1 Å². The van der Waals surface area contributed by atoms with Crippen molar-refractivity contribution in [1.29, 1.82) is 0 Å². The highest BCUT2D eigenvalue weighted by atomic mass is 16.5. The number of furan rings is 1. The number of ether oxygens (including phenoxy) is 1. The van der Waals surface area contributed by atoms with Gasteiger partial charge in [-0.25, -0.2) is 0 Å². The molecule has 3 atom stereocenters. The van der Waals surface area contributed by atoms with Gasteiger partial charge in [0.15, 0.2) is 5.76 Å². The average molecular weight is 370 g/mol. The summed E-state index contributed by atoms with van der Waals surface area (Å²) < 4.78 is 11.2. The normalized spacial score (nSPS) is 21.1. The molecule has 0 bridgehead atoms. The van der Waals surface area contributed by atoms with Crippen LogP contribution < -0.4 is 5.32 Å². The number of morpholine rings is 1. The summed E-state index contributed by atoms with van der Waals surface area (Å²) in [6.45, 7) is 6.77. The van der Waals surface area contributed by atoms with Crippen molar-refractivity contribution in [2.24, 2.45) is 5.92 Å². The van der Waals surface area contributed by atoms with Crippen molar-refractivity contribution in [1.82, 2.24) is 10.2 Å². The maximum Gasteiger partial charge on any atom is 0.287 e. The molecule has 1 aliphatic heterocycles. The van der Waals surface area contributed by atoms with E-state index >= 15 is 0 Å². The maximum absolute atomic E-state index is 13.2. The molecular formula is C21H26N2O4. The van der Waals surface area contributed by atoms with Gasteiger partial charge in [0.05, 0.1) is 18.9 Å². The van der Waals surface area contributed by atoms with Gasteiger partial charge in [-0.05, 0) is 30.5 Å². The Kier molecular flexibility index (Phi) is 5.96. The van der Waals surface area contributed by atoms with E-state index in [-0.39, 0.29) is 35.7 Å². The standard InChI is InChI=1S/C21H26N2O4/c1-14(2)19(22-20(24)17-10-7-11-26-17)21(25)23-12-15(3)27-18(13-23)16-8-5-4-6-9-16/h4-11,14-15,18-19H,12-13H2,1-3H3,(H,22,24)/t15-,18+,19-/m1/s1. The third kappa shape index (κ3) is 4.57. The monoisotopic (exact) mass is 370 g/mol. The Hall–Kier alpha value is -2.60. The Bertz CT molecular complexity index is 758. The Labute approximate surface area is 159 Å². The molecule has 2 amide bonds. The molecule has 6 nitrogen and oxygen atoms in total. The SMILES string of the molecule is CC(C)[C@@H](NC(=O)c1ccco1)C(=O)N1C[C@@H](C)O[C@H](c2ccccc2)C1. The van der Waals surface area contributed by atoms with Crippen LogP contribution in [0.4, 0.5) is 0 Å². The quantitative estimate of drug-likeness (QED) is 0.878. The molecule has 2 heterocycles. The van der Waals surface area contributed by atoms with Crippen molar-refractivity contribution in [3.8, 4) is 0 Å². The largest absolute Gasteiger partial charge is 0.459 e. The van der Waals surface area contributed by atoms with Gasteiger partial charge < -0.3 is 19.4 Å². The second kappa shape index (κ2) is 8.39. The van der Waals surface area contributed by atoms with Gasteiger partial charge in [-0.2, -0.15) is 0 Å². The van der Waals surface area contributed by atoms with Gasteiger partial charge in [-0.3, -0.25) is 9.59 Å². The molecule has 1 aromatic carbocycles. The Morgan fingerprint density at radius 1 is 1.11 bits per heavy atom. The predicted octanol–water partition coefficient (Wildman–Crippen LogP) is 3.02. The highest BCUT2D eigenvalue weighted by Crippen LogP contribution is 2.26. The zero-order chi connectivity index (χ0) is 19.4. The predicted molar refractivity (Wildman–Crippen MR) is 101 cm³/mol. The fourth-order valence-electron chi connectivity index (χ4n) is 3.31. The van der Waals surface area contributed by atoms with Crippen LogP contribution in [0.1, 0.15) is 43.0 Å². The lowest BCUT2D eigenvalue weighted by Gasteiger charge is -2.39. The van der Waals surface area contributed by atoms with Gasteiger partial charge in [0.2, 0.25) is 5.91 Å². The summed E-state index contributed by atoms with van der Waals surface area (Å²) >= 11 is 0. The van der Waals surface area contributed by atoms with Crippen molar-refractivity contribution in [3.05, 3.63) is 60.1 Å². The van der Waals surface area contributed by atoms with Gasteiger partial charge in [0.25, 0.3) is 5.91 Å². The molecule has 0 saturated carbocycles. The summed E-state index contributed by atoms with van der Waals surface area (Å²) in [5.41, 5.74) is 1.04. The van der Waals surface area contributed by atoms with Crippen LogP contribution in [0, 0.1) is 5.92 Å². The van der Waals surface area contributed by atoms with E-state index in [1.165, 1.54) is 6.26 Å². The van der Waals surface area contributed by atoms with Gasteiger partial charge >= 0.3 is 0 Å². The van der Waals surface area contributed by atoms with Crippen LogP contribution in [0.3, 0.4) is 0 Å². The first-order valence-corrected chi connectivity index (χ1v) is 9.29. The highest BCUT2D eigenvalue weighted by Gasteiger charge is 2.35. The van der Waals surface area contributed by atoms with E-state index in [4.69, 9.17) is 9.15 Å². The second-order valence-corrected chi connectivity index (χ2v) is 7.26. The molecule has 1 saturated heterocycles. The van der Waals surface area contributed by atoms with Gasteiger partial charge in [0.1, 0.15) is 12.1 Å². The third-order valence-corrected chi connectivity index (χ3v) is 4.71. The fourth-order valence-corrected chi connectivity index (χ4v) is 3.31. The van der Waals surface area contributed by atoms with Gasteiger partial charge in [0, 0.05) is 6.54 Å². The van der Waals surface area contributed by atoms with Crippen molar-refractivity contribution in [2.75, 3.05) is 13.1 Å². The maximum atomic E-state index is 13.2. The van der Waals surface area contributed by atoms with Crippen LogP contribution in [-0.4, -0.2) is 41.9 Å². The summed E-state index contributed by atoms with van der Waals surface area (Å²) in [5, 5.41) is 2.82. The minimum atomic E-state index is -0.621. The molecule has 1 aromatic heterocycles. The number of nitrogens with zero attached hydrogens (tertiary/aromatic N) is 1. The molecule has 1 fully saturated rings. The molecule has 3 rings (SSSR count). The van der Waals surface area contributed by atoms with Crippen molar-refractivity contribution in [3.63, 3.8) is 0 Å². The van der Waals surface area contributed by atoms with E-state index in [9.17, 15) is 9.59 Å². The number of hydrogen-bond donors (Lipinski definition) is 1. The van der Waals surface area contributed by atoms with Gasteiger partial charge in [-0.15, -0.1) is 0 Å². The Morgan fingerprint density at radius 3 is 2.48 bits per heavy atom. The van der Waals surface area contributed by atoms with E-state index in [1.807, 2.05) is 51.1 Å². The Balaban J connectivity index is 1.73. The lowest BCUT2D eigenvalue weighted by molar-refractivity contribution is -0.147. The molecule has 2 aromatic rings. The molecule has 1 N–H and O–H groups in total. The van der Waals surface area contributed by atoms with Crippen molar-refractivity contribution < 1.29 is 18.7 Å². The first-order valence-electron chi connectivity index (χ1n) is 9.29. The zero-order valence-corrected chi connectivity index (χ0v) is 15.9. The minimum absolute atomic E-state index is 0.0512. The topological polar surface area (TPSA) is 71.8 Å². The molecule has 0 radical (unpaired) electrons. The number of carbonyl (C=O) groups is 2. The summed E-state index contributed by atoms with van der Waals surface area (Å²) in [4.78, 5) is 27.3. The van der Waals surface area contributed by atoms with E-state index in [1.54, 1.807) is 17.0 Å². The number of carbonyl (C=O) groups excluding carboxylic acids is 2.